The van der Waals surface area contributed by atoms with Gasteiger partial charge in [0, 0.05) is 29.2 Å². The highest BCUT2D eigenvalue weighted by Crippen LogP contribution is 2.34. The quantitative estimate of drug-likeness (QED) is 0.233. The fourth-order valence-electron chi connectivity index (χ4n) is 4.02. The van der Waals surface area contributed by atoms with Crippen LogP contribution in [0.5, 0.6) is 0 Å². The van der Waals surface area contributed by atoms with Gasteiger partial charge in [-0.2, -0.15) is 0 Å². The highest BCUT2D eigenvalue weighted by atomic mass is 35.5. The third-order valence-corrected chi connectivity index (χ3v) is 5.95. The van der Waals surface area contributed by atoms with Crippen molar-refractivity contribution < 1.29 is 14.2 Å². The SMILES string of the molecule is COOCc1cc(F)ccc1Cn1nc2c(-c3ccncc3)c(-c3ccc(Cl)cc3)ccn2c1=O. The molecule has 176 valence electrons. The monoisotopic (exact) mass is 490 g/mol. The topological polar surface area (TPSA) is 70.7 Å². The van der Waals surface area contributed by atoms with Crippen LogP contribution in [-0.4, -0.2) is 26.3 Å². The molecule has 3 aromatic heterocycles. The van der Waals surface area contributed by atoms with Crippen molar-refractivity contribution in [1.29, 1.82) is 0 Å². The second-order valence-electron chi connectivity index (χ2n) is 7.82. The Morgan fingerprint density at radius 1 is 0.971 bits per heavy atom. The first kappa shape index (κ1) is 22.9. The molecule has 0 saturated carbocycles. The molecule has 7 nitrogen and oxygen atoms in total. The first-order valence-corrected chi connectivity index (χ1v) is 11.1. The van der Waals surface area contributed by atoms with Gasteiger partial charge < -0.3 is 0 Å². The Labute approximate surface area is 204 Å². The molecule has 9 heteroatoms. The highest BCUT2D eigenvalue weighted by molar-refractivity contribution is 6.30. The number of pyridine rings is 2. The molecule has 0 bridgehead atoms. The molecule has 0 N–H and O–H groups in total. The lowest BCUT2D eigenvalue weighted by Gasteiger charge is -2.11. The molecular weight excluding hydrogens is 471 g/mol. The lowest BCUT2D eigenvalue weighted by atomic mass is 9.96. The fraction of sp³-hybridized carbons (Fsp3) is 0.115. The number of hydrogen-bond donors (Lipinski definition) is 0. The van der Waals surface area contributed by atoms with Crippen LogP contribution in [0.15, 0.2) is 84.0 Å². The van der Waals surface area contributed by atoms with Gasteiger partial charge in [0.1, 0.15) is 12.4 Å². The van der Waals surface area contributed by atoms with Gasteiger partial charge in [0.2, 0.25) is 0 Å². The van der Waals surface area contributed by atoms with E-state index < -0.39 is 5.82 Å². The smallest absolute Gasteiger partial charge is 0.265 e. The van der Waals surface area contributed by atoms with Crippen molar-refractivity contribution in [2.24, 2.45) is 0 Å². The Morgan fingerprint density at radius 3 is 2.49 bits per heavy atom. The van der Waals surface area contributed by atoms with E-state index >= 15 is 0 Å². The molecule has 0 unspecified atom stereocenters. The zero-order valence-electron chi connectivity index (χ0n) is 18.7. The van der Waals surface area contributed by atoms with Crippen LogP contribution in [0.25, 0.3) is 27.9 Å². The standard InChI is InChI=1S/C26H20ClFN4O3/c1-34-35-16-20-14-22(28)7-4-19(20)15-32-26(33)31-13-10-23(17-2-5-21(27)6-3-17)24(25(31)30-32)18-8-11-29-12-9-18/h2-14H,15-16H2,1H3. The molecule has 0 aliphatic carbocycles. The molecule has 0 aliphatic rings. The highest BCUT2D eigenvalue weighted by Gasteiger charge is 2.18. The van der Waals surface area contributed by atoms with Crippen LogP contribution in [0.4, 0.5) is 4.39 Å². The molecule has 5 rings (SSSR count). The Hall–Kier alpha value is -3.85. The Morgan fingerprint density at radius 2 is 1.74 bits per heavy atom. The lowest BCUT2D eigenvalue weighted by Crippen LogP contribution is -2.22. The summed E-state index contributed by atoms with van der Waals surface area (Å²) >= 11 is 6.10. The Kier molecular flexibility index (Phi) is 6.41. The van der Waals surface area contributed by atoms with E-state index in [1.807, 2.05) is 42.5 Å². The molecule has 0 fully saturated rings. The zero-order valence-corrected chi connectivity index (χ0v) is 19.4. The van der Waals surface area contributed by atoms with Gasteiger partial charge in [0.05, 0.1) is 13.7 Å². The third-order valence-electron chi connectivity index (χ3n) is 5.70. The Balaban J connectivity index is 1.67. The average Bonchev–Trinajstić information content (AvgIpc) is 3.19. The van der Waals surface area contributed by atoms with E-state index in [1.165, 1.54) is 28.3 Å². The lowest BCUT2D eigenvalue weighted by molar-refractivity contribution is -0.282. The molecule has 0 atom stereocenters. The normalized spacial score (nSPS) is 11.3. The van der Waals surface area contributed by atoms with Gasteiger partial charge in [-0.25, -0.2) is 28.0 Å². The van der Waals surface area contributed by atoms with Crippen molar-refractivity contribution in [2.75, 3.05) is 7.11 Å². The summed E-state index contributed by atoms with van der Waals surface area (Å²) in [7, 11) is 1.38. The van der Waals surface area contributed by atoms with Gasteiger partial charge >= 0.3 is 5.69 Å². The minimum absolute atomic E-state index is 0.0364. The molecule has 0 amide bonds. The summed E-state index contributed by atoms with van der Waals surface area (Å²) in [5.41, 5.74) is 4.91. The maximum atomic E-state index is 13.8. The van der Waals surface area contributed by atoms with Gasteiger partial charge in [-0.05, 0) is 70.3 Å². The summed E-state index contributed by atoms with van der Waals surface area (Å²) in [6.07, 6.45) is 5.09. The van der Waals surface area contributed by atoms with Crippen LogP contribution >= 0.6 is 11.6 Å². The average molecular weight is 491 g/mol. The van der Waals surface area contributed by atoms with Gasteiger partial charge in [-0.1, -0.05) is 29.8 Å². The molecule has 0 spiro atoms. The van der Waals surface area contributed by atoms with Crippen molar-refractivity contribution in [2.45, 2.75) is 13.2 Å². The summed E-state index contributed by atoms with van der Waals surface area (Å²) in [5, 5.41) is 5.32. The van der Waals surface area contributed by atoms with E-state index in [1.54, 1.807) is 24.7 Å². The molecular formula is C26H20ClFN4O3. The van der Waals surface area contributed by atoms with Crippen LogP contribution in [0.2, 0.25) is 5.02 Å². The van der Waals surface area contributed by atoms with Crippen molar-refractivity contribution in [3.63, 3.8) is 0 Å². The molecule has 3 heterocycles. The summed E-state index contributed by atoms with van der Waals surface area (Å²) < 4.78 is 16.7. The van der Waals surface area contributed by atoms with Gasteiger partial charge in [0.15, 0.2) is 5.65 Å². The van der Waals surface area contributed by atoms with Gasteiger partial charge in [-0.15, -0.1) is 5.10 Å². The maximum absolute atomic E-state index is 13.8. The van der Waals surface area contributed by atoms with E-state index in [0.717, 1.165) is 22.3 Å². The zero-order chi connectivity index (χ0) is 24.4. The van der Waals surface area contributed by atoms with E-state index in [0.29, 0.717) is 21.8 Å². The summed E-state index contributed by atoms with van der Waals surface area (Å²) in [6, 6.07) is 17.4. The van der Waals surface area contributed by atoms with E-state index in [4.69, 9.17) is 16.5 Å². The molecule has 35 heavy (non-hydrogen) atoms. The van der Waals surface area contributed by atoms with Crippen molar-refractivity contribution in [3.8, 4) is 22.3 Å². The molecule has 2 aromatic carbocycles. The largest absolute Gasteiger partial charge is 0.350 e. The van der Waals surface area contributed by atoms with E-state index in [2.05, 4.69) is 15.0 Å². The van der Waals surface area contributed by atoms with Crippen molar-refractivity contribution in [1.82, 2.24) is 19.2 Å². The number of fused-ring (bicyclic) bond motifs is 1. The van der Waals surface area contributed by atoms with Crippen LogP contribution in [-0.2, 0) is 22.9 Å². The van der Waals surface area contributed by atoms with Gasteiger partial charge in [0.25, 0.3) is 0 Å². The number of halogens is 2. The molecule has 5 aromatic rings. The fourth-order valence-corrected chi connectivity index (χ4v) is 4.15. The van der Waals surface area contributed by atoms with Crippen LogP contribution in [0, 0.1) is 5.82 Å². The molecule has 0 radical (unpaired) electrons. The van der Waals surface area contributed by atoms with Crippen molar-refractivity contribution in [3.05, 3.63) is 112 Å². The van der Waals surface area contributed by atoms with Crippen LogP contribution in [0.1, 0.15) is 11.1 Å². The maximum Gasteiger partial charge on any atom is 0.350 e. The number of benzene rings is 2. The summed E-state index contributed by atoms with van der Waals surface area (Å²) in [5.74, 6) is -0.404. The summed E-state index contributed by atoms with van der Waals surface area (Å²) in [4.78, 5) is 27.1. The first-order chi connectivity index (χ1) is 17.0. The van der Waals surface area contributed by atoms with E-state index in [9.17, 15) is 9.18 Å². The second-order valence-corrected chi connectivity index (χ2v) is 8.26. The second kappa shape index (κ2) is 9.79. The predicted octanol–water partition coefficient (Wildman–Crippen LogP) is 5.14. The summed E-state index contributed by atoms with van der Waals surface area (Å²) in [6.45, 7) is 0.171. The predicted molar refractivity (Wildman–Crippen MR) is 130 cm³/mol. The Bertz CT molecular complexity index is 1550. The third kappa shape index (κ3) is 4.59. The number of hydrogen-bond acceptors (Lipinski definition) is 5. The van der Waals surface area contributed by atoms with Gasteiger partial charge in [-0.3, -0.25) is 4.98 Å². The first-order valence-electron chi connectivity index (χ1n) is 10.8. The van der Waals surface area contributed by atoms with Crippen LogP contribution < -0.4 is 5.69 Å². The molecule has 0 saturated heterocycles. The number of rotatable bonds is 7. The number of nitrogens with zero attached hydrogens (tertiary/aromatic N) is 4. The van der Waals surface area contributed by atoms with Crippen molar-refractivity contribution >= 4 is 17.2 Å². The molecule has 0 aliphatic heterocycles. The number of aromatic nitrogens is 4. The van der Waals surface area contributed by atoms with E-state index in [-0.39, 0.29) is 18.8 Å². The minimum Gasteiger partial charge on any atom is -0.265 e. The minimum atomic E-state index is -0.404. The van der Waals surface area contributed by atoms with Crippen LogP contribution in [0.3, 0.4) is 0 Å².